The standard InChI is InChI=1S/C19H23N3O5S/c23-12-11-20-19(25)17-10-9-16(14-21-17)18(24)22-28(26,27)13-5-4-8-15-6-2-1-3-7-15/h1-3,6-7,9-10,14,23H,4-5,8,11-13H2,(H,20,25)(H,22,24). The van der Waals surface area contributed by atoms with Crippen molar-refractivity contribution in [2.45, 2.75) is 19.3 Å². The van der Waals surface area contributed by atoms with E-state index in [1.54, 1.807) is 0 Å². The summed E-state index contributed by atoms with van der Waals surface area (Å²) in [5, 5.41) is 11.1. The Morgan fingerprint density at radius 2 is 1.75 bits per heavy atom. The highest BCUT2D eigenvalue weighted by Crippen LogP contribution is 2.06. The number of sulfonamides is 1. The van der Waals surface area contributed by atoms with Crippen LogP contribution < -0.4 is 10.0 Å². The third-order valence-electron chi connectivity index (χ3n) is 3.88. The van der Waals surface area contributed by atoms with Gasteiger partial charge in [-0.15, -0.1) is 0 Å². The van der Waals surface area contributed by atoms with Crippen LogP contribution in [0.3, 0.4) is 0 Å². The van der Waals surface area contributed by atoms with Gasteiger partial charge in [-0.25, -0.2) is 13.1 Å². The molecule has 0 aliphatic heterocycles. The molecule has 0 aliphatic carbocycles. The predicted molar refractivity (Wildman–Crippen MR) is 104 cm³/mol. The van der Waals surface area contributed by atoms with Gasteiger partial charge in [0.05, 0.1) is 17.9 Å². The first-order valence-electron chi connectivity index (χ1n) is 8.85. The quantitative estimate of drug-likeness (QED) is 0.504. The second-order valence-corrected chi connectivity index (χ2v) is 7.95. The lowest BCUT2D eigenvalue weighted by Gasteiger charge is -2.08. The normalized spacial score (nSPS) is 11.0. The van der Waals surface area contributed by atoms with Gasteiger partial charge in [0.15, 0.2) is 0 Å². The van der Waals surface area contributed by atoms with Crippen LogP contribution in [-0.2, 0) is 16.4 Å². The fourth-order valence-electron chi connectivity index (χ4n) is 2.44. The summed E-state index contributed by atoms with van der Waals surface area (Å²) in [6, 6.07) is 12.4. The van der Waals surface area contributed by atoms with Crippen molar-refractivity contribution in [1.29, 1.82) is 0 Å². The number of aliphatic hydroxyl groups excluding tert-OH is 1. The third-order valence-corrected chi connectivity index (χ3v) is 5.20. The summed E-state index contributed by atoms with van der Waals surface area (Å²) < 4.78 is 26.2. The lowest BCUT2D eigenvalue weighted by molar-refractivity contribution is 0.0936. The Kier molecular flexibility index (Phi) is 8.09. The number of carbonyl (C=O) groups is 2. The molecule has 0 atom stereocenters. The minimum atomic E-state index is -3.76. The predicted octanol–water partition coefficient (Wildman–Crippen LogP) is 0.886. The monoisotopic (exact) mass is 405 g/mol. The van der Waals surface area contributed by atoms with E-state index in [1.165, 1.54) is 12.1 Å². The molecule has 3 N–H and O–H groups in total. The smallest absolute Gasteiger partial charge is 0.269 e. The van der Waals surface area contributed by atoms with Gasteiger partial charge in [0.1, 0.15) is 5.69 Å². The molecule has 8 nitrogen and oxygen atoms in total. The van der Waals surface area contributed by atoms with Crippen LogP contribution in [-0.4, -0.2) is 49.2 Å². The summed E-state index contributed by atoms with van der Waals surface area (Å²) in [6.45, 7) is -0.110. The van der Waals surface area contributed by atoms with Crippen molar-refractivity contribution in [1.82, 2.24) is 15.0 Å². The number of rotatable bonds is 10. The van der Waals surface area contributed by atoms with Crippen molar-refractivity contribution in [2.75, 3.05) is 18.9 Å². The number of aliphatic hydroxyl groups is 1. The van der Waals surface area contributed by atoms with Gasteiger partial charge in [-0.2, -0.15) is 0 Å². The van der Waals surface area contributed by atoms with E-state index in [-0.39, 0.29) is 30.2 Å². The van der Waals surface area contributed by atoms with Gasteiger partial charge in [-0.3, -0.25) is 14.6 Å². The molecule has 28 heavy (non-hydrogen) atoms. The highest BCUT2D eigenvalue weighted by Gasteiger charge is 2.17. The van der Waals surface area contributed by atoms with E-state index in [0.29, 0.717) is 12.8 Å². The van der Waals surface area contributed by atoms with Gasteiger partial charge in [0.25, 0.3) is 11.8 Å². The molecule has 0 saturated heterocycles. The van der Waals surface area contributed by atoms with Crippen LogP contribution in [0.2, 0.25) is 0 Å². The van der Waals surface area contributed by atoms with Crippen LogP contribution in [0.5, 0.6) is 0 Å². The molecule has 0 radical (unpaired) electrons. The first-order valence-corrected chi connectivity index (χ1v) is 10.5. The number of hydrogen-bond donors (Lipinski definition) is 3. The number of aryl methyl sites for hydroxylation is 1. The van der Waals surface area contributed by atoms with Crippen molar-refractivity contribution >= 4 is 21.8 Å². The maximum absolute atomic E-state index is 12.1. The number of carbonyl (C=O) groups excluding carboxylic acids is 2. The number of hydrogen-bond acceptors (Lipinski definition) is 6. The van der Waals surface area contributed by atoms with Gasteiger partial charge in [-0.05, 0) is 37.0 Å². The van der Waals surface area contributed by atoms with Crippen LogP contribution in [0, 0.1) is 0 Å². The van der Waals surface area contributed by atoms with E-state index >= 15 is 0 Å². The maximum Gasteiger partial charge on any atom is 0.269 e. The maximum atomic E-state index is 12.1. The van der Waals surface area contributed by atoms with Gasteiger partial charge in [0.2, 0.25) is 10.0 Å². The summed E-state index contributed by atoms with van der Waals surface area (Å²) in [5.41, 5.74) is 1.23. The number of benzene rings is 1. The summed E-state index contributed by atoms with van der Waals surface area (Å²) >= 11 is 0. The molecule has 1 heterocycles. The van der Waals surface area contributed by atoms with Gasteiger partial charge in [0, 0.05) is 12.7 Å². The first-order chi connectivity index (χ1) is 13.4. The zero-order chi connectivity index (χ0) is 20.4. The molecule has 0 saturated carbocycles. The Labute approximate surface area is 164 Å². The van der Waals surface area contributed by atoms with Crippen LogP contribution >= 0.6 is 0 Å². The molecule has 0 aliphatic rings. The summed E-state index contributed by atoms with van der Waals surface area (Å²) in [6.07, 6.45) is 3.03. The van der Waals surface area contributed by atoms with Crippen molar-refractivity contribution in [3.8, 4) is 0 Å². The molecular weight excluding hydrogens is 382 g/mol. The fraction of sp³-hybridized carbons (Fsp3) is 0.316. The summed E-state index contributed by atoms with van der Waals surface area (Å²) in [4.78, 5) is 27.6. The van der Waals surface area contributed by atoms with Crippen LogP contribution in [0.15, 0.2) is 48.7 Å². The van der Waals surface area contributed by atoms with Crippen LogP contribution in [0.25, 0.3) is 0 Å². The molecule has 2 rings (SSSR count). The third kappa shape index (κ3) is 7.09. The number of unbranched alkanes of at least 4 members (excludes halogenated alkanes) is 1. The van der Waals surface area contributed by atoms with E-state index in [1.807, 2.05) is 35.1 Å². The van der Waals surface area contributed by atoms with Gasteiger partial charge < -0.3 is 10.4 Å². The topological polar surface area (TPSA) is 125 Å². The Morgan fingerprint density at radius 3 is 2.39 bits per heavy atom. The first kappa shape index (κ1) is 21.5. The van der Waals surface area contributed by atoms with E-state index in [2.05, 4.69) is 10.3 Å². The van der Waals surface area contributed by atoms with E-state index < -0.39 is 21.8 Å². The second kappa shape index (κ2) is 10.5. The largest absolute Gasteiger partial charge is 0.395 e. The van der Waals surface area contributed by atoms with Crippen LogP contribution in [0.1, 0.15) is 39.3 Å². The number of pyridine rings is 1. The van der Waals surface area contributed by atoms with E-state index in [0.717, 1.165) is 18.2 Å². The van der Waals surface area contributed by atoms with E-state index in [4.69, 9.17) is 5.11 Å². The average Bonchev–Trinajstić information content (AvgIpc) is 2.70. The lowest BCUT2D eigenvalue weighted by atomic mass is 10.1. The second-order valence-electron chi connectivity index (χ2n) is 6.10. The molecule has 2 amide bonds. The highest BCUT2D eigenvalue weighted by atomic mass is 32.2. The molecule has 2 aromatic rings. The lowest BCUT2D eigenvalue weighted by Crippen LogP contribution is -2.33. The SMILES string of the molecule is O=C(NS(=O)(=O)CCCCc1ccccc1)c1ccc(C(=O)NCCO)nc1. The highest BCUT2D eigenvalue weighted by molar-refractivity contribution is 7.90. The van der Waals surface area contributed by atoms with Crippen molar-refractivity contribution < 1.29 is 23.1 Å². The summed E-state index contributed by atoms with van der Waals surface area (Å²) in [7, 11) is -3.76. The van der Waals surface area contributed by atoms with Crippen LogP contribution in [0.4, 0.5) is 0 Å². The molecule has 150 valence electrons. The molecule has 0 spiro atoms. The molecule has 1 aromatic carbocycles. The summed E-state index contributed by atoms with van der Waals surface area (Å²) in [5.74, 6) is -1.44. The molecule has 0 fully saturated rings. The number of amides is 2. The Hall–Kier alpha value is -2.78. The zero-order valence-corrected chi connectivity index (χ0v) is 16.1. The minimum absolute atomic E-state index is 0.0339. The number of aromatic nitrogens is 1. The van der Waals surface area contributed by atoms with Crippen molar-refractivity contribution in [2.24, 2.45) is 0 Å². The average molecular weight is 405 g/mol. The van der Waals surface area contributed by atoms with Gasteiger partial charge in [-0.1, -0.05) is 30.3 Å². The number of nitrogens with zero attached hydrogens (tertiary/aromatic N) is 1. The van der Waals surface area contributed by atoms with Gasteiger partial charge >= 0.3 is 0 Å². The Balaban J connectivity index is 1.82. The van der Waals surface area contributed by atoms with Crippen molar-refractivity contribution in [3.63, 3.8) is 0 Å². The number of nitrogens with one attached hydrogen (secondary N) is 2. The molecule has 1 aromatic heterocycles. The molecule has 0 bridgehead atoms. The Morgan fingerprint density at radius 1 is 1.00 bits per heavy atom. The van der Waals surface area contributed by atoms with Crippen molar-refractivity contribution in [3.05, 3.63) is 65.5 Å². The fourth-order valence-corrected chi connectivity index (χ4v) is 3.53. The molecule has 0 unspecified atom stereocenters. The molecule has 9 heteroatoms. The molecular formula is C19H23N3O5S. The zero-order valence-electron chi connectivity index (χ0n) is 15.3. The van der Waals surface area contributed by atoms with E-state index in [9.17, 15) is 18.0 Å². The minimum Gasteiger partial charge on any atom is -0.395 e. The Bertz CT molecular complexity index is 884.